The van der Waals surface area contributed by atoms with Gasteiger partial charge in [-0.25, -0.2) is 0 Å². The fourth-order valence-corrected chi connectivity index (χ4v) is 3.26. The van der Waals surface area contributed by atoms with E-state index in [1.165, 1.54) is 19.3 Å². The maximum absolute atomic E-state index is 5.75. The van der Waals surface area contributed by atoms with E-state index in [-0.39, 0.29) is 0 Å². The maximum atomic E-state index is 5.75. The molecule has 1 aliphatic heterocycles. The topological polar surface area (TPSA) is 47.0 Å². The van der Waals surface area contributed by atoms with Gasteiger partial charge in [0.25, 0.3) is 0 Å². The van der Waals surface area contributed by atoms with Crippen molar-refractivity contribution in [1.82, 2.24) is 15.5 Å². The van der Waals surface area contributed by atoms with Crippen LogP contribution in [0.25, 0.3) is 0 Å². The lowest BCUT2D eigenvalue weighted by Gasteiger charge is -2.21. The zero-order valence-electron chi connectivity index (χ0n) is 12.7. The van der Waals surface area contributed by atoms with Gasteiger partial charge in [-0.05, 0) is 38.1 Å². The van der Waals surface area contributed by atoms with Crippen molar-refractivity contribution in [2.75, 3.05) is 19.7 Å². The van der Waals surface area contributed by atoms with Gasteiger partial charge in [-0.1, -0.05) is 13.8 Å². The van der Waals surface area contributed by atoms with Crippen LogP contribution in [0.2, 0.25) is 0 Å². The molecule has 0 amide bonds. The van der Waals surface area contributed by atoms with Crippen molar-refractivity contribution in [2.24, 2.45) is 5.92 Å². The third-order valence-corrected chi connectivity index (χ3v) is 4.57. The number of nitrogens with zero attached hydrogens (tertiary/aromatic N) is 2. The molecule has 0 saturated carbocycles. The predicted octanol–water partition coefficient (Wildman–Crippen LogP) is 2.83. The SMILES string of the molecule is CC(C)CNCCc1nnc(CCC2CCCCO2)s1. The van der Waals surface area contributed by atoms with Crippen LogP contribution in [-0.2, 0) is 17.6 Å². The van der Waals surface area contributed by atoms with Gasteiger partial charge in [-0.15, -0.1) is 21.5 Å². The van der Waals surface area contributed by atoms with Crippen LogP contribution in [0, 0.1) is 5.92 Å². The summed E-state index contributed by atoms with van der Waals surface area (Å²) >= 11 is 1.76. The first-order chi connectivity index (χ1) is 9.74. The van der Waals surface area contributed by atoms with Crippen LogP contribution in [-0.4, -0.2) is 36.0 Å². The zero-order valence-corrected chi connectivity index (χ0v) is 13.5. The Balaban J connectivity index is 1.63. The van der Waals surface area contributed by atoms with Gasteiger partial charge in [-0.2, -0.15) is 0 Å². The molecule has 0 aromatic carbocycles. The van der Waals surface area contributed by atoms with E-state index in [0.29, 0.717) is 12.0 Å². The van der Waals surface area contributed by atoms with Crippen molar-refractivity contribution in [3.63, 3.8) is 0 Å². The fraction of sp³-hybridized carbons (Fsp3) is 0.867. The summed E-state index contributed by atoms with van der Waals surface area (Å²) in [6.07, 6.45) is 7.30. The normalized spacial score (nSPS) is 19.6. The lowest BCUT2D eigenvalue weighted by atomic mass is 10.1. The number of ether oxygens (including phenoxy) is 1. The molecule has 20 heavy (non-hydrogen) atoms. The summed E-state index contributed by atoms with van der Waals surface area (Å²) in [5.74, 6) is 0.704. The van der Waals surface area contributed by atoms with E-state index in [9.17, 15) is 0 Å². The summed E-state index contributed by atoms with van der Waals surface area (Å²) in [5.41, 5.74) is 0. The number of hydrogen-bond acceptors (Lipinski definition) is 5. The van der Waals surface area contributed by atoms with Crippen LogP contribution in [0.5, 0.6) is 0 Å². The molecule has 5 heteroatoms. The van der Waals surface area contributed by atoms with Crippen LogP contribution >= 0.6 is 11.3 Å². The second kappa shape index (κ2) is 8.70. The Labute approximate surface area is 126 Å². The van der Waals surface area contributed by atoms with Gasteiger partial charge in [0, 0.05) is 26.0 Å². The quantitative estimate of drug-likeness (QED) is 0.750. The lowest BCUT2D eigenvalue weighted by molar-refractivity contribution is 0.0115. The summed E-state index contributed by atoms with van der Waals surface area (Å²) in [5, 5.41) is 14.3. The van der Waals surface area contributed by atoms with E-state index < -0.39 is 0 Å². The molecule has 1 aromatic heterocycles. The number of hydrogen-bond donors (Lipinski definition) is 1. The van der Waals surface area contributed by atoms with Gasteiger partial charge < -0.3 is 10.1 Å². The predicted molar refractivity (Wildman–Crippen MR) is 83.2 cm³/mol. The van der Waals surface area contributed by atoms with Crippen molar-refractivity contribution in [3.8, 4) is 0 Å². The molecular weight excluding hydrogens is 270 g/mol. The highest BCUT2D eigenvalue weighted by Crippen LogP contribution is 2.19. The van der Waals surface area contributed by atoms with E-state index in [4.69, 9.17) is 4.74 Å². The molecule has 4 nitrogen and oxygen atoms in total. The highest BCUT2D eigenvalue weighted by Gasteiger charge is 2.14. The van der Waals surface area contributed by atoms with E-state index >= 15 is 0 Å². The van der Waals surface area contributed by atoms with E-state index in [2.05, 4.69) is 29.4 Å². The summed E-state index contributed by atoms with van der Waals surface area (Å²) < 4.78 is 5.75. The summed E-state index contributed by atoms with van der Waals surface area (Å²) in [6, 6.07) is 0. The van der Waals surface area contributed by atoms with E-state index in [1.54, 1.807) is 11.3 Å². The van der Waals surface area contributed by atoms with Crippen molar-refractivity contribution in [3.05, 3.63) is 10.0 Å². The minimum Gasteiger partial charge on any atom is -0.378 e. The first-order valence-corrected chi connectivity index (χ1v) is 8.69. The van der Waals surface area contributed by atoms with Crippen LogP contribution in [0.3, 0.4) is 0 Å². The number of rotatable bonds is 8. The van der Waals surface area contributed by atoms with E-state index in [0.717, 1.165) is 49.0 Å². The molecule has 1 N–H and O–H groups in total. The number of aryl methyl sites for hydroxylation is 1. The van der Waals surface area contributed by atoms with Gasteiger partial charge in [-0.3, -0.25) is 0 Å². The largest absolute Gasteiger partial charge is 0.378 e. The molecule has 2 rings (SSSR count). The molecule has 1 aromatic rings. The Morgan fingerprint density at radius 2 is 2.05 bits per heavy atom. The Morgan fingerprint density at radius 3 is 2.75 bits per heavy atom. The fourth-order valence-electron chi connectivity index (χ4n) is 2.40. The van der Waals surface area contributed by atoms with Crippen molar-refractivity contribution < 1.29 is 4.74 Å². The van der Waals surface area contributed by atoms with Gasteiger partial charge >= 0.3 is 0 Å². The molecule has 0 spiro atoms. The average Bonchev–Trinajstić information content (AvgIpc) is 2.90. The van der Waals surface area contributed by atoms with Crippen molar-refractivity contribution in [1.29, 1.82) is 0 Å². The second-order valence-corrected chi connectivity index (χ2v) is 7.11. The van der Waals surface area contributed by atoms with Gasteiger partial charge in [0.1, 0.15) is 10.0 Å². The highest BCUT2D eigenvalue weighted by molar-refractivity contribution is 7.11. The summed E-state index contributed by atoms with van der Waals surface area (Å²) in [6.45, 7) is 7.46. The maximum Gasteiger partial charge on any atom is 0.118 e. The third kappa shape index (κ3) is 5.85. The zero-order chi connectivity index (χ0) is 14.2. The van der Waals surface area contributed by atoms with Gasteiger partial charge in [0.05, 0.1) is 6.10 Å². The third-order valence-electron chi connectivity index (χ3n) is 3.53. The van der Waals surface area contributed by atoms with E-state index in [1.807, 2.05) is 0 Å². The first-order valence-electron chi connectivity index (χ1n) is 7.87. The van der Waals surface area contributed by atoms with Crippen molar-refractivity contribution >= 4 is 11.3 Å². The summed E-state index contributed by atoms with van der Waals surface area (Å²) in [7, 11) is 0. The van der Waals surface area contributed by atoms with Crippen LogP contribution < -0.4 is 5.32 Å². The molecule has 1 fully saturated rings. The molecule has 2 heterocycles. The number of nitrogens with one attached hydrogen (secondary N) is 1. The lowest BCUT2D eigenvalue weighted by Crippen LogP contribution is -2.22. The molecule has 1 unspecified atom stereocenters. The molecule has 114 valence electrons. The molecular formula is C15H27N3OS. The summed E-state index contributed by atoms with van der Waals surface area (Å²) in [4.78, 5) is 0. The Hall–Kier alpha value is -0.520. The Bertz CT molecular complexity index is 375. The molecule has 0 bridgehead atoms. The minimum atomic E-state index is 0.448. The van der Waals surface area contributed by atoms with Crippen LogP contribution in [0.4, 0.5) is 0 Å². The van der Waals surface area contributed by atoms with Gasteiger partial charge in [0.2, 0.25) is 0 Å². The standard InChI is InChI=1S/C15H27N3OS/c1-12(2)11-16-9-8-15-18-17-14(20-15)7-6-13-5-3-4-10-19-13/h12-13,16H,3-11H2,1-2H3. The Kier molecular flexibility index (Phi) is 6.90. The monoisotopic (exact) mass is 297 g/mol. The van der Waals surface area contributed by atoms with Crippen LogP contribution in [0.1, 0.15) is 49.5 Å². The molecule has 1 saturated heterocycles. The molecule has 1 aliphatic rings. The molecule has 0 aliphatic carbocycles. The number of aromatic nitrogens is 2. The first kappa shape index (κ1) is 15.9. The second-order valence-electron chi connectivity index (χ2n) is 5.96. The Morgan fingerprint density at radius 1 is 1.25 bits per heavy atom. The smallest absolute Gasteiger partial charge is 0.118 e. The minimum absolute atomic E-state index is 0.448. The highest BCUT2D eigenvalue weighted by atomic mass is 32.1. The van der Waals surface area contributed by atoms with Crippen LogP contribution in [0.15, 0.2) is 0 Å². The van der Waals surface area contributed by atoms with Gasteiger partial charge in [0.15, 0.2) is 0 Å². The molecule has 1 atom stereocenters. The van der Waals surface area contributed by atoms with Crippen molar-refractivity contribution in [2.45, 2.75) is 58.5 Å². The molecule has 0 radical (unpaired) electrons. The average molecular weight is 297 g/mol.